The first-order valence-corrected chi connectivity index (χ1v) is 10.0. The number of anilines is 1. The molecule has 1 heterocycles. The molecule has 27 heavy (non-hydrogen) atoms. The van der Waals surface area contributed by atoms with E-state index in [0.29, 0.717) is 22.7 Å². The summed E-state index contributed by atoms with van der Waals surface area (Å²) in [5.41, 5.74) is 2.20. The fourth-order valence-corrected chi connectivity index (χ4v) is 4.09. The molecule has 8 heteroatoms. The Morgan fingerprint density at radius 3 is 2.63 bits per heavy atom. The molecule has 0 bridgehead atoms. The van der Waals surface area contributed by atoms with Crippen LogP contribution in [0.3, 0.4) is 0 Å². The maximum atomic E-state index is 12.7. The van der Waals surface area contributed by atoms with Gasteiger partial charge in [0.2, 0.25) is 0 Å². The van der Waals surface area contributed by atoms with Crippen molar-refractivity contribution in [2.75, 3.05) is 23.1 Å². The normalized spacial score (nSPS) is 15.0. The predicted octanol–water partition coefficient (Wildman–Crippen LogP) is 2.90. The Morgan fingerprint density at radius 2 is 1.96 bits per heavy atom. The summed E-state index contributed by atoms with van der Waals surface area (Å²) in [6.07, 6.45) is 0.744. The van der Waals surface area contributed by atoms with Gasteiger partial charge in [0, 0.05) is 23.3 Å². The average Bonchev–Trinajstić information content (AvgIpc) is 2.79. The second-order valence-electron chi connectivity index (χ2n) is 6.08. The van der Waals surface area contributed by atoms with Gasteiger partial charge >= 0.3 is 0 Å². The highest BCUT2D eigenvalue weighted by Gasteiger charge is 2.29. The molecule has 0 aliphatic carbocycles. The van der Waals surface area contributed by atoms with Gasteiger partial charge in [-0.3, -0.25) is 24.8 Å². The molecule has 0 spiro atoms. The number of benzene rings is 2. The summed E-state index contributed by atoms with van der Waals surface area (Å²) in [4.78, 5) is 29.3. The van der Waals surface area contributed by atoms with Crippen LogP contribution in [0.4, 0.5) is 11.4 Å². The van der Waals surface area contributed by atoms with E-state index >= 15 is 0 Å². The first-order valence-electron chi connectivity index (χ1n) is 8.55. The van der Waals surface area contributed by atoms with Crippen LogP contribution >= 0.6 is 0 Å². The van der Waals surface area contributed by atoms with Gasteiger partial charge in [0.25, 0.3) is 11.6 Å². The van der Waals surface area contributed by atoms with Crippen LogP contribution in [0.2, 0.25) is 0 Å². The largest absolute Gasteiger partial charge is 0.615 e. The lowest BCUT2D eigenvalue weighted by atomic mass is 9.99. The molecule has 0 N–H and O–H groups in total. The number of benzodiazepines with no additional fused rings is 1. The van der Waals surface area contributed by atoms with E-state index in [-0.39, 0.29) is 24.0 Å². The Morgan fingerprint density at radius 1 is 1.22 bits per heavy atom. The highest BCUT2D eigenvalue weighted by molar-refractivity contribution is 7.91. The van der Waals surface area contributed by atoms with Crippen LogP contribution in [0.15, 0.2) is 53.5 Å². The SMILES string of the molecule is CCC[S+]([O-])CN1C(=O)CN=C(c2ccccc2)c2cc([N+](=O)[O-])ccc21. The maximum Gasteiger partial charge on any atom is 0.270 e. The first kappa shape index (κ1) is 19.1. The number of non-ortho nitro benzene ring substituents is 1. The van der Waals surface area contributed by atoms with Gasteiger partial charge in [-0.05, 0) is 23.7 Å². The summed E-state index contributed by atoms with van der Waals surface area (Å²) < 4.78 is 12.3. The molecule has 0 radical (unpaired) electrons. The minimum atomic E-state index is -1.20. The molecule has 1 atom stereocenters. The standard InChI is InChI=1S/C19H19N3O4S/c1-2-10-27(26)13-21-17-9-8-15(22(24)25)11-16(17)19(20-12-18(21)23)14-6-4-3-5-7-14/h3-9,11H,2,10,12-13H2,1H3. The molecule has 0 aromatic heterocycles. The first-order chi connectivity index (χ1) is 13.0. The topological polar surface area (TPSA) is 98.9 Å². The highest BCUT2D eigenvalue weighted by Crippen LogP contribution is 2.31. The zero-order valence-electron chi connectivity index (χ0n) is 14.8. The Hall–Kier alpha value is -2.71. The van der Waals surface area contributed by atoms with E-state index in [9.17, 15) is 19.5 Å². The molecule has 1 amide bonds. The van der Waals surface area contributed by atoms with Crippen molar-refractivity contribution in [3.63, 3.8) is 0 Å². The number of fused-ring (bicyclic) bond motifs is 1. The van der Waals surface area contributed by atoms with Gasteiger partial charge in [-0.1, -0.05) is 37.3 Å². The van der Waals surface area contributed by atoms with Crippen molar-refractivity contribution in [3.05, 3.63) is 69.8 Å². The number of carbonyl (C=O) groups excluding carboxylic acids is 1. The van der Waals surface area contributed by atoms with E-state index in [1.165, 1.54) is 23.1 Å². The molecule has 140 valence electrons. The number of carbonyl (C=O) groups is 1. The number of nitro groups is 1. The zero-order valence-corrected chi connectivity index (χ0v) is 15.6. The second-order valence-corrected chi connectivity index (χ2v) is 7.63. The summed E-state index contributed by atoms with van der Waals surface area (Å²) in [6.45, 7) is 1.83. The average molecular weight is 385 g/mol. The van der Waals surface area contributed by atoms with Gasteiger partial charge in [-0.25, -0.2) is 0 Å². The quantitative estimate of drug-likeness (QED) is 0.434. The molecule has 1 aliphatic rings. The Kier molecular flexibility index (Phi) is 5.88. The smallest absolute Gasteiger partial charge is 0.270 e. The van der Waals surface area contributed by atoms with Crippen molar-refractivity contribution in [1.82, 2.24) is 0 Å². The van der Waals surface area contributed by atoms with Gasteiger partial charge < -0.3 is 4.55 Å². The van der Waals surface area contributed by atoms with Crippen molar-refractivity contribution >= 4 is 34.2 Å². The van der Waals surface area contributed by atoms with Crippen molar-refractivity contribution < 1.29 is 14.3 Å². The summed E-state index contributed by atoms with van der Waals surface area (Å²) in [5.74, 6) is 0.258. The number of nitrogens with zero attached hydrogens (tertiary/aromatic N) is 3. The predicted molar refractivity (Wildman–Crippen MR) is 106 cm³/mol. The Labute approximate surface area is 160 Å². The van der Waals surface area contributed by atoms with Gasteiger partial charge in [-0.15, -0.1) is 0 Å². The number of aliphatic imine (C=N–C) groups is 1. The maximum absolute atomic E-state index is 12.7. The lowest BCUT2D eigenvalue weighted by Gasteiger charge is -2.24. The third-order valence-electron chi connectivity index (χ3n) is 4.16. The van der Waals surface area contributed by atoms with Crippen molar-refractivity contribution in [2.45, 2.75) is 13.3 Å². The third-order valence-corrected chi connectivity index (χ3v) is 5.57. The van der Waals surface area contributed by atoms with Gasteiger partial charge in [0.05, 0.1) is 16.3 Å². The van der Waals surface area contributed by atoms with Gasteiger partial charge in [-0.2, -0.15) is 0 Å². The van der Waals surface area contributed by atoms with Crippen LogP contribution in [-0.2, 0) is 16.0 Å². The second kappa shape index (κ2) is 8.32. The minimum Gasteiger partial charge on any atom is -0.615 e. The molecule has 3 rings (SSSR count). The number of rotatable bonds is 6. The van der Waals surface area contributed by atoms with Crippen molar-refractivity contribution in [2.24, 2.45) is 4.99 Å². The Balaban J connectivity index is 2.12. The minimum absolute atomic E-state index is 0.0507. The number of hydrogen-bond acceptors (Lipinski definition) is 5. The van der Waals surface area contributed by atoms with Crippen LogP contribution in [-0.4, -0.2) is 39.3 Å². The molecular weight excluding hydrogens is 366 g/mol. The van der Waals surface area contributed by atoms with E-state index < -0.39 is 16.1 Å². The van der Waals surface area contributed by atoms with E-state index in [0.717, 1.165) is 12.0 Å². The van der Waals surface area contributed by atoms with Crippen LogP contribution < -0.4 is 4.90 Å². The number of hydrogen-bond donors (Lipinski definition) is 0. The summed E-state index contributed by atoms with van der Waals surface area (Å²) >= 11 is -1.20. The highest BCUT2D eigenvalue weighted by atomic mass is 32.2. The lowest BCUT2D eigenvalue weighted by Crippen LogP contribution is -2.37. The molecule has 1 unspecified atom stereocenters. The molecular formula is C19H19N3O4S. The molecule has 0 saturated heterocycles. The van der Waals surface area contributed by atoms with Crippen LogP contribution in [0, 0.1) is 10.1 Å². The van der Waals surface area contributed by atoms with Crippen molar-refractivity contribution in [3.8, 4) is 0 Å². The molecule has 7 nitrogen and oxygen atoms in total. The van der Waals surface area contributed by atoms with Gasteiger partial charge in [0.15, 0.2) is 5.88 Å². The van der Waals surface area contributed by atoms with E-state index in [4.69, 9.17) is 0 Å². The number of amides is 1. The molecule has 0 saturated carbocycles. The van der Waals surface area contributed by atoms with E-state index in [1.807, 2.05) is 37.3 Å². The van der Waals surface area contributed by atoms with Crippen LogP contribution in [0.1, 0.15) is 24.5 Å². The summed E-state index contributed by atoms with van der Waals surface area (Å²) in [7, 11) is 0. The molecule has 2 aromatic carbocycles. The van der Waals surface area contributed by atoms with Crippen molar-refractivity contribution in [1.29, 1.82) is 0 Å². The van der Waals surface area contributed by atoms with Crippen LogP contribution in [0.25, 0.3) is 0 Å². The van der Waals surface area contributed by atoms with E-state index in [2.05, 4.69) is 4.99 Å². The fraction of sp³-hybridized carbons (Fsp3) is 0.263. The molecule has 1 aliphatic heterocycles. The molecule has 2 aromatic rings. The summed E-state index contributed by atoms with van der Waals surface area (Å²) in [6, 6.07) is 13.6. The Bertz CT molecular complexity index is 886. The van der Waals surface area contributed by atoms with Crippen LogP contribution in [0.5, 0.6) is 0 Å². The van der Waals surface area contributed by atoms with Gasteiger partial charge in [0.1, 0.15) is 12.3 Å². The number of nitro benzene ring substituents is 1. The third kappa shape index (κ3) is 4.17. The van der Waals surface area contributed by atoms with E-state index in [1.54, 1.807) is 0 Å². The lowest BCUT2D eigenvalue weighted by molar-refractivity contribution is -0.384. The summed E-state index contributed by atoms with van der Waals surface area (Å²) in [5, 5.41) is 11.3. The zero-order chi connectivity index (χ0) is 19.4. The fourth-order valence-electron chi connectivity index (χ4n) is 2.93. The monoisotopic (exact) mass is 385 g/mol. The molecule has 0 fully saturated rings.